The van der Waals surface area contributed by atoms with Gasteiger partial charge >= 0.3 is 0 Å². The van der Waals surface area contributed by atoms with Gasteiger partial charge in [-0.25, -0.2) is 0 Å². The second kappa shape index (κ2) is 7.43. The zero-order valence-corrected chi connectivity index (χ0v) is 16.1. The summed E-state index contributed by atoms with van der Waals surface area (Å²) < 4.78 is 0. The fourth-order valence-corrected chi connectivity index (χ4v) is 3.20. The van der Waals surface area contributed by atoms with Gasteiger partial charge in [0.1, 0.15) is 5.75 Å². The lowest BCUT2D eigenvalue weighted by Gasteiger charge is -2.20. The number of phenols is 1. The molecule has 0 aromatic heterocycles. The van der Waals surface area contributed by atoms with Gasteiger partial charge in [-0.15, -0.1) is 0 Å². The molecular weight excluding hydrogens is 340 g/mol. The molecule has 0 spiro atoms. The Kier molecular flexibility index (Phi) is 5.22. The normalized spacial score (nSPS) is 14.5. The molecule has 2 aromatic carbocycles. The highest BCUT2D eigenvalue weighted by Crippen LogP contribution is 2.31. The van der Waals surface area contributed by atoms with Crippen molar-refractivity contribution >= 4 is 23.2 Å². The average molecular weight is 366 g/mol. The Labute approximate surface area is 160 Å². The largest absolute Gasteiger partial charge is 0.506 e. The lowest BCUT2D eigenvalue weighted by Crippen LogP contribution is -2.23. The number of amides is 2. The number of hydrogen-bond acceptors (Lipinski definition) is 3. The molecular formula is C22H26N2O3. The smallest absolute Gasteiger partial charge is 0.228 e. The summed E-state index contributed by atoms with van der Waals surface area (Å²) in [7, 11) is 0. The van der Waals surface area contributed by atoms with E-state index < -0.39 is 0 Å². The average Bonchev–Trinajstić information content (AvgIpc) is 3.02. The van der Waals surface area contributed by atoms with E-state index >= 15 is 0 Å². The fourth-order valence-electron chi connectivity index (χ4n) is 3.20. The van der Waals surface area contributed by atoms with E-state index in [2.05, 4.69) is 26.1 Å². The number of anilines is 2. The molecule has 1 saturated heterocycles. The summed E-state index contributed by atoms with van der Waals surface area (Å²) in [6, 6.07) is 12.8. The number of phenolic OH excluding ortho intramolecular Hbond substituents is 1. The van der Waals surface area contributed by atoms with Gasteiger partial charge in [0.15, 0.2) is 0 Å². The zero-order valence-electron chi connectivity index (χ0n) is 16.1. The second-order valence-electron chi connectivity index (χ2n) is 8.02. The molecule has 5 heteroatoms. The predicted molar refractivity (Wildman–Crippen MR) is 107 cm³/mol. The molecule has 0 aliphatic carbocycles. The van der Waals surface area contributed by atoms with Crippen LogP contribution in [-0.4, -0.2) is 23.5 Å². The van der Waals surface area contributed by atoms with Crippen LogP contribution in [-0.2, 0) is 21.4 Å². The van der Waals surface area contributed by atoms with Gasteiger partial charge in [0.2, 0.25) is 11.8 Å². The minimum absolute atomic E-state index is 0.0549. The number of nitrogens with zero attached hydrogens (tertiary/aromatic N) is 1. The minimum Gasteiger partial charge on any atom is -0.506 e. The molecule has 1 aliphatic heterocycles. The number of benzene rings is 2. The highest BCUT2D eigenvalue weighted by molar-refractivity contribution is 5.96. The molecule has 1 aliphatic rings. The highest BCUT2D eigenvalue weighted by atomic mass is 16.3. The van der Waals surface area contributed by atoms with Crippen molar-refractivity contribution in [2.24, 2.45) is 0 Å². The van der Waals surface area contributed by atoms with Gasteiger partial charge in [-0.05, 0) is 47.2 Å². The number of carbonyl (C=O) groups excluding carboxylic acids is 2. The number of aromatic hydroxyl groups is 1. The van der Waals surface area contributed by atoms with Crippen molar-refractivity contribution < 1.29 is 14.7 Å². The van der Waals surface area contributed by atoms with E-state index in [0.717, 1.165) is 29.8 Å². The number of rotatable bonds is 4. The van der Waals surface area contributed by atoms with Gasteiger partial charge in [-0.3, -0.25) is 9.59 Å². The molecule has 0 saturated carbocycles. The minimum atomic E-state index is -0.193. The van der Waals surface area contributed by atoms with Crippen LogP contribution >= 0.6 is 0 Å². The first-order chi connectivity index (χ1) is 12.7. The van der Waals surface area contributed by atoms with Crippen LogP contribution in [0.25, 0.3) is 0 Å². The Balaban J connectivity index is 1.67. The topological polar surface area (TPSA) is 69.6 Å². The first-order valence-corrected chi connectivity index (χ1v) is 9.27. The van der Waals surface area contributed by atoms with Gasteiger partial charge in [-0.2, -0.15) is 0 Å². The molecule has 0 radical (unpaired) electrons. The van der Waals surface area contributed by atoms with Crippen molar-refractivity contribution in [3.63, 3.8) is 0 Å². The Morgan fingerprint density at radius 3 is 2.44 bits per heavy atom. The van der Waals surface area contributed by atoms with E-state index in [4.69, 9.17) is 0 Å². The molecule has 5 nitrogen and oxygen atoms in total. The van der Waals surface area contributed by atoms with E-state index in [9.17, 15) is 14.7 Å². The van der Waals surface area contributed by atoms with Gasteiger partial charge in [0.05, 0.1) is 12.1 Å². The molecule has 142 valence electrons. The molecule has 2 amide bonds. The molecule has 27 heavy (non-hydrogen) atoms. The summed E-state index contributed by atoms with van der Waals surface area (Å²) in [5, 5.41) is 12.8. The maximum Gasteiger partial charge on any atom is 0.228 e. The Morgan fingerprint density at radius 2 is 1.85 bits per heavy atom. The summed E-state index contributed by atoms with van der Waals surface area (Å²) in [4.78, 5) is 26.0. The maximum absolute atomic E-state index is 12.4. The Bertz CT molecular complexity index is 851. The number of hydrogen-bond donors (Lipinski definition) is 2. The molecule has 0 bridgehead atoms. The highest BCUT2D eigenvalue weighted by Gasteiger charge is 2.21. The first-order valence-electron chi connectivity index (χ1n) is 9.27. The van der Waals surface area contributed by atoms with E-state index in [1.54, 1.807) is 11.0 Å². The maximum atomic E-state index is 12.4. The molecule has 1 heterocycles. The second-order valence-corrected chi connectivity index (χ2v) is 8.02. The van der Waals surface area contributed by atoms with Crippen LogP contribution in [0.15, 0.2) is 42.5 Å². The van der Waals surface area contributed by atoms with Crippen LogP contribution < -0.4 is 10.2 Å². The van der Waals surface area contributed by atoms with E-state index in [0.29, 0.717) is 12.1 Å². The zero-order chi connectivity index (χ0) is 19.6. The lowest BCUT2D eigenvalue weighted by molar-refractivity contribution is -0.117. The third kappa shape index (κ3) is 4.48. The standard InChI is InChI=1S/C22H26N2O3/c1-22(2,3)16-8-11-19(25)18(14-16)23-20(26)13-15-6-9-17(10-7-15)24-12-4-5-21(24)27/h6-11,14,25H,4-5,12-13H2,1-3H3,(H,23,26). The van der Waals surface area contributed by atoms with Crippen molar-refractivity contribution in [2.45, 2.75) is 45.4 Å². The summed E-state index contributed by atoms with van der Waals surface area (Å²) >= 11 is 0. The van der Waals surface area contributed by atoms with E-state index in [1.807, 2.05) is 36.4 Å². The van der Waals surface area contributed by atoms with Crippen molar-refractivity contribution in [1.82, 2.24) is 0 Å². The predicted octanol–water partition coefficient (Wildman–Crippen LogP) is 4.00. The van der Waals surface area contributed by atoms with Crippen molar-refractivity contribution in [1.29, 1.82) is 0 Å². The van der Waals surface area contributed by atoms with Gasteiger partial charge in [-0.1, -0.05) is 39.0 Å². The van der Waals surface area contributed by atoms with Crippen LogP contribution in [0.4, 0.5) is 11.4 Å². The molecule has 2 aromatic rings. The summed E-state index contributed by atoms with van der Waals surface area (Å²) in [6.45, 7) is 7.00. The molecule has 3 rings (SSSR count). The molecule has 0 atom stereocenters. The van der Waals surface area contributed by atoms with Crippen LogP contribution in [0.2, 0.25) is 0 Å². The van der Waals surface area contributed by atoms with Crippen LogP contribution in [0.1, 0.15) is 44.7 Å². The summed E-state index contributed by atoms with van der Waals surface area (Å²) in [5.74, 6) is 0.00954. The first kappa shape index (κ1) is 19.0. The Morgan fingerprint density at radius 1 is 1.15 bits per heavy atom. The number of nitrogens with one attached hydrogen (secondary N) is 1. The molecule has 0 unspecified atom stereocenters. The monoisotopic (exact) mass is 366 g/mol. The van der Waals surface area contributed by atoms with E-state index in [-0.39, 0.29) is 29.4 Å². The summed E-state index contributed by atoms with van der Waals surface area (Å²) in [5.41, 5.74) is 3.12. The Hall–Kier alpha value is -2.82. The van der Waals surface area contributed by atoms with Crippen molar-refractivity contribution in [3.8, 4) is 5.75 Å². The van der Waals surface area contributed by atoms with Crippen LogP contribution in [0.3, 0.4) is 0 Å². The van der Waals surface area contributed by atoms with Gasteiger partial charge < -0.3 is 15.3 Å². The van der Waals surface area contributed by atoms with Gasteiger partial charge in [0, 0.05) is 18.7 Å². The third-order valence-corrected chi connectivity index (χ3v) is 4.82. The summed E-state index contributed by atoms with van der Waals surface area (Å²) in [6.07, 6.45) is 1.69. The lowest BCUT2D eigenvalue weighted by atomic mass is 9.87. The quantitative estimate of drug-likeness (QED) is 0.804. The van der Waals surface area contributed by atoms with E-state index in [1.165, 1.54) is 0 Å². The van der Waals surface area contributed by atoms with Crippen LogP contribution in [0, 0.1) is 0 Å². The third-order valence-electron chi connectivity index (χ3n) is 4.82. The van der Waals surface area contributed by atoms with Crippen LogP contribution in [0.5, 0.6) is 5.75 Å². The number of carbonyl (C=O) groups is 2. The SMILES string of the molecule is CC(C)(C)c1ccc(O)c(NC(=O)Cc2ccc(N3CCCC3=O)cc2)c1. The fraction of sp³-hybridized carbons (Fsp3) is 0.364. The molecule has 2 N–H and O–H groups in total. The van der Waals surface area contributed by atoms with Crippen molar-refractivity contribution in [3.05, 3.63) is 53.6 Å². The van der Waals surface area contributed by atoms with Crippen molar-refractivity contribution in [2.75, 3.05) is 16.8 Å². The van der Waals surface area contributed by atoms with Gasteiger partial charge in [0.25, 0.3) is 0 Å². The molecule has 1 fully saturated rings.